The number of nitrogens with zero attached hydrogens (tertiary/aromatic N) is 2. The number of amides is 4. The number of rotatable bonds is 18. The molecule has 39 heavy (non-hydrogen) atoms. The van der Waals surface area contributed by atoms with Crippen LogP contribution in [-0.4, -0.2) is 81.3 Å². The monoisotopic (exact) mass is 552 g/mol. The summed E-state index contributed by atoms with van der Waals surface area (Å²) >= 11 is 0. The molecule has 0 radical (unpaired) electrons. The van der Waals surface area contributed by atoms with Crippen molar-refractivity contribution in [3.63, 3.8) is 0 Å². The first-order valence-corrected chi connectivity index (χ1v) is 12.6. The third-order valence-electron chi connectivity index (χ3n) is 6.04. The maximum absolute atomic E-state index is 13.3. The fraction of sp³-hybridized carbons (Fsp3) is 0.609. The fourth-order valence-electron chi connectivity index (χ4n) is 3.47. The lowest BCUT2D eigenvalue weighted by Gasteiger charge is -2.26. The second-order valence-electron chi connectivity index (χ2n) is 9.17. The van der Waals surface area contributed by atoms with E-state index in [0.717, 1.165) is 0 Å². The topological polar surface area (TPSA) is 287 Å². The number of H-pyrrole nitrogens is 1. The molecule has 0 saturated heterocycles. The van der Waals surface area contributed by atoms with Gasteiger partial charge in [-0.05, 0) is 25.2 Å². The predicted molar refractivity (Wildman–Crippen MR) is 141 cm³/mol. The third-order valence-corrected chi connectivity index (χ3v) is 6.04. The highest BCUT2D eigenvalue weighted by atomic mass is 16.4. The number of hydrogen-bond acceptors (Lipinski definition) is 8. The average Bonchev–Trinajstić information content (AvgIpc) is 3.39. The van der Waals surface area contributed by atoms with Crippen LogP contribution >= 0.6 is 0 Å². The number of nitrogens with two attached hydrogens (primary N) is 4. The van der Waals surface area contributed by atoms with E-state index in [1.807, 2.05) is 6.92 Å². The van der Waals surface area contributed by atoms with Gasteiger partial charge in [0.05, 0.1) is 12.4 Å². The van der Waals surface area contributed by atoms with E-state index in [4.69, 9.17) is 22.9 Å². The summed E-state index contributed by atoms with van der Waals surface area (Å²) in [7, 11) is 0. The Morgan fingerprint density at radius 3 is 2.15 bits per heavy atom. The van der Waals surface area contributed by atoms with Gasteiger partial charge in [-0.15, -0.1) is 0 Å². The first-order valence-electron chi connectivity index (χ1n) is 12.6. The zero-order valence-electron chi connectivity index (χ0n) is 22.2. The number of imidazole rings is 1. The van der Waals surface area contributed by atoms with Crippen LogP contribution in [0.3, 0.4) is 0 Å². The number of carbonyl (C=O) groups is 5. The number of nitrogens with one attached hydrogen (secondary N) is 4. The molecule has 0 bridgehead atoms. The maximum atomic E-state index is 13.3. The molecule has 0 saturated carbocycles. The molecule has 0 aliphatic heterocycles. The molecule has 4 amide bonds. The largest absolute Gasteiger partial charge is 0.480 e. The molecule has 1 heterocycles. The van der Waals surface area contributed by atoms with Crippen molar-refractivity contribution in [3.05, 3.63) is 18.2 Å². The van der Waals surface area contributed by atoms with Crippen LogP contribution in [0.1, 0.15) is 51.6 Å². The summed E-state index contributed by atoms with van der Waals surface area (Å²) in [5, 5.41) is 17.0. The minimum Gasteiger partial charge on any atom is -0.480 e. The van der Waals surface area contributed by atoms with Gasteiger partial charge in [0.25, 0.3) is 0 Å². The number of carboxylic acid groups (broad SMARTS) is 1. The zero-order chi connectivity index (χ0) is 29.5. The van der Waals surface area contributed by atoms with Crippen molar-refractivity contribution in [2.45, 2.75) is 76.5 Å². The fourth-order valence-corrected chi connectivity index (χ4v) is 3.47. The molecule has 0 aromatic carbocycles. The standard InChI is InChI=1S/C23H40N10O6/c1-3-12(2)18(25)21(37)33-16(9-13-10-28-11-30-13)20(36)31-14(6-7-17(24)34)19(35)32-15(22(38)39)5-4-8-29-23(26)27/h10-12,14-16,18H,3-9,25H2,1-2H3,(H2,24,34)(H,28,30)(H,31,36)(H,32,35)(H,33,37)(H,38,39)(H4,26,27,29). The summed E-state index contributed by atoms with van der Waals surface area (Å²) in [4.78, 5) is 72.6. The minimum absolute atomic E-state index is 0.000344. The molecular formula is C23H40N10O6. The number of aliphatic imine (C=N–C) groups is 1. The molecule has 1 rings (SSSR count). The predicted octanol–water partition coefficient (Wildman–Crippen LogP) is -2.82. The van der Waals surface area contributed by atoms with Gasteiger partial charge in [0, 0.05) is 31.3 Å². The summed E-state index contributed by atoms with van der Waals surface area (Å²) in [6, 6.07) is -4.68. The Morgan fingerprint density at radius 1 is 1.00 bits per heavy atom. The quantitative estimate of drug-likeness (QED) is 0.0511. The van der Waals surface area contributed by atoms with Gasteiger partial charge < -0.3 is 49.0 Å². The Bertz CT molecular complexity index is 996. The van der Waals surface area contributed by atoms with Crippen molar-refractivity contribution < 1.29 is 29.1 Å². The van der Waals surface area contributed by atoms with Crippen LogP contribution < -0.4 is 38.9 Å². The third kappa shape index (κ3) is 12.3. The molecule has 1 aromatic heterocycles. The molecular weight excluding hydrogens is 512 g/mol. The summed E-state index contributed by atoms with van der Waals surface area (Å²) < 4.78 is 0. The lowest BCUT2D eigenvalue weighted by atomic mass is 9.98. The SMILES string of the molecule is CCC(C)C(N)C(=O)NC(Cc1cnc[nH]1)C(=O)NC(CCC(N)=O)C(=O)NC(CCCN=C(N)N)C(=O)O. The van der Waals surface area contributed by atoms with E-state index in [9.17, 15) is 29.1 Å². The van der Waals surface area contributed by atoms with E-state index in [-0.39, 0.29) is 50.5 Å². The summed E-state index contributed by atoms with van der Waals surface area (Å²) in [6.07, 6.45) is 3.29. The van der Waals surface area contributed by atoms with E-state index < -0.39 is 53.8 Å². The van der Waals surface area contributed by atoms with Gasteiger partial charge >= 0.3 is 5.97 Å². The zero-order valence-corrected chi connectivity index (χ0v) is 22.2. The lowest BCUT2D eigenvalue weighted by Crippen LogP contribution is -2.58. The Hall–Kier alpha value is -4.21. The second kappa shape index (κ2) is 16.6. The number of carboxylic acids is 1. The van der Waals surface area contributed by atoms with Crippen molar-refractivity contribution in [3.8, 4) is 0 Å². The first kappa shape index (κ1) is 32.8. The van der Waals surface area contributed by atoms with Gasteiger partial charge in [-0.25, -0.2) is 9.78 Å². The number of aromatic amines is 1. The summed E-state index contributed by atoms with van der Waals surface area (Å²) in [6.45, 7) is 3.83. The van der Waals surface area contributed by atoms with Crippen LogP contribution in [0.15, 0.2) is 17.5 Å². The van der Waals surface area contributed by atoms with Crippen LogP contribution in [0.4, 0.5) is 0 Å². The summed E-state index contributed by atoms with van der Waals surface area (Å²) in [5.41, 5.74) is 22.3. The number of hydrogen-bond donors (Lipinski definition) is 9. The van der Waals surface area contributed by atoms with Crippen LogP contribution in [0, 0.1) is 5.92 Å². The molecule has 13 N–H and O–H groups in total. The molecule has 5 atom stereocenters. The molecule has 0 fully saturated rings. The Labute approximate surface area is 226 Å². The van der Waals surface area contributed by atoms with E-state index in [2.05, 4.69) is 30.9 Å². The van der Waals surface area contributed by atoms with Crippen molar-refractivity contribution >= 4 is 35.6 Å². The minimum atomic E-state index is -1.33. The van der Waals surface area contributed by atoms with Crippen LogP contribution in [-0.2, 0) is 30.4 Å². The van der Waals surface area contributed by atoms with Gasteiger partial charge in [0.1, 0.15) is 18.1 Å². The average molecular weight is 553 g/mol. The van der Waals surface area contributed by atoms with E-state index in [1.165, 1.54) is 12.5 Å². The van der Waals surface area contributed by atoms with Crippen LogP contribution in [0.2, 0.25) is 0 Å². The second-order valence-corrected chi connectivity index (χ2v) is 9.17. The van der Waals surface area contributed by atoms with E-state index >= 15 is 0 Å². The summed E-state index contributed by atoms with van der Waals surface area (Å²) in [5.74, 6) is -4.50. The van der Waals surface area contributed by atoms with Gasteiger partial charge in [0.2, 0.25) is 23.6 Å². The smallest absolute Gasteiger partial charge is 0.326 e. The molecule has 5 unspecified atom stereocenters. The van der Waals surface area contributed by atoms with Crippen LogP contribution in [0.25, 0.3) is 0 Å². The molecule has 0 aliphatic rings. The number of aliphatic carboxylic acids is 1. The van der Waals surface area contributed by atoms with E-state index in [0.29, 0.717) is 12.1 Å². The highest BCUT2D eigenvalue weighted by Gasteiger charge is 2.31. The van der Waals surface area contributed by atoms with Gasteiger partial charge in [0.15, 0.2) is 5.96 Å². The normalized spacial score (nSPS) is 14.6. The lowest BCUT2D eigenvalue weighted by molar-refractivity contribution is -0.142. The van der Waals surface area contributed by atoms with E-state index in [1.54, 1.807) is 6.92 Å². The number of aromatic nitrogens is 2. The molecule has 16 nitrogen and oxygen atoms in total. The number of carbonyl (C=O) groups excluding carboxylic acids is 4. The molecule has 16 heteroatoms. The van der Waals surface area contributed by atoms with Gasteiger partial charge in [-0.2, -0.15) is 0 Å². The Kier molecular flexibility index (Phi) is 14.0. The van der Waals surface area contributed by atoms with Gasteiger partial charge in [-0.3, -0.25) is 24.2 Å². The highest BCUT2D eigenvalue weighted by molar-refractivity contribution is 5.94. The Balaban J connectivity index is 3.06. The van der Waals surface area contributed by atoms with Crippen molar-refractivity contribution in [2.75, 3.05) is 6.54 Å². The number of primary amides is 1. The van der Waals surface area contributed by atoms with Crippen LogP contribution in [0.5, 0.6) is 0 Å². The molecule has 218 valence electrons. The first-order chi connectivity index (χ1) is 18.3. The molecule has 1 aromatic rings. The highest BCUT2D eigenvalue weighted by Crippen LogP contribution is 2.08. The maximum Gasteiger partial charge on any atom is 0.326 e. The van der Waals surface area contributed by atoms with Crippen molar-refractivity contribution in [1.82, 2.24) is 25.9 Å². The number of guanidine groups is 1. The van der Waals surface area contributed by atoms with Crippen molar-refractivity contribution in [2.24, 2.45) is 33.8 Å². The molecule has 0 spiro atoms. The molecule has 0 aliphatic carbocycles. The Morgan fingerprint density at radius 2 is 1.62 bits per heavy atom. The van der Waals surface area contributed by atoms with Gasteiger partial charge in [-0.1, -0.05) is 20.3 Å². The van der Waals surface area contributed by atoms with Crippen molar-refractivity contribution in [1.29, 1.82) is 0 Å².